The van der Waals surface area contributed by atoms with E-state index in [1.807, 2.05) is 42.6 Å². The highest BCUT2D eigenvalue weighted by Crippen LogP contribution is 2.41. The molecule has 2 aromatic rings. The SMILES string of the molecule is C[C@H](O)c1cccc(N2CCC3(CCC(=O)N(CCc4ccccn4)C3)CC2)n1. The van der Waals surface area contributed by atoms with Gasteiger partial charge in [-0.2, -0.15) is 0 Å². The summed E-state index contributed by atoms with van der Waals surface area (Å²) in [7, 11) is 0. The van der Waals surface area contributed by atoms with Gasteiger partial charge in [0.05, 0.1) is 11.8 Å². The molecule has 2 aromatic heterocycles. The van der Waals surface area contributed by atoms with Crippen LogP contribution in [-0.2, 0) is 11.2 Å². The number of hydrogen-bond donors (Lipinski definition) is 1. The maximum Gasteiger partial charge on any atom is 0.222 e. The zero-order valence-corrected chi connectivity index (χ0v) is 17.1. The molecule has 0 saturated carbocycles. The lowest BCUT2D eigenvalue weighted by Crippen LogP contribution is -2.52. The van der Waals surface area contributed by atoms with Gasteiger partial charge < -0.3 is 14.9 Å². The van der Waals surface area contributed by atoms with Crippen LogP contribution in [0.15, 0.2) is 42.6 Å². The Morgan fingerprint density at radius 3 is 2.69 bits per heavy atom. The van der Waals surface area contributed by atoms with Crippen LogP contribution in [0, 0.1) is 5.41 Å². The van der Waals surface area contributed by atoms with Gasteiger partial charge in [0.15, 0.2) is 0 Å². The lowest BCUT2D eigenvalue weighted by molar-refractivity contribution is -0.138. The highest BCUT2D eigenvalue weighted by molar-refractivity contribution is 5.77. The Morgan fingerprint density at radius 1 is 1.14 bits per heavy atom. The Bertz CT molecular complexity index is 832. The molecule has 0 aromatic carbocycles. The van der Waals surface area contributed by atoms with E-state index in [0.717, 1.165) is 63.4 Å². The number of pyridine rings is 2. The van der Waals surface area contributed by atoms with Crippen molar-refractivity contribution >= 4 is 11.7 Å². The van der Waals surface area contributed by atoms with E-state index in [1.54, 1.807) is 6.92 Å². The molecular formula is C23H30N4O2. The first kappa shape index (κ1) is 19.8. The number of aliphatic hydroxyl groups excluding tert-OH is 1. The van der Waals surface area contributed by atoms with Crippen LogP contribution < -0.4 is 4.90 Å². The van der Waals surface area contributed by atoms with Crippen LogP contribution in [0.5, 0.6) is 0 Å². The summed E-state index contributed by atoms with van der Waals surface area (Å²) in [5.74, 6) is 1.22. The third-order valence-corrected chi connectivity index (χ3v) is 6.44. The van der Waals surface area contributed by atoms with Crippen molar-refractivity contribution in [2.45, 2.75) is 45.1 Å². The third-order valence-electron chi connectivity index (χ3n) is 6.44. The van der Waals surface area contributed by atoms with Gasteiger partial charge in [-0.1, -0.05) is 12.1 Å². The molecule has 6 heteroatoms. The van der Waals surface area contributed by atoms with Crippen molar-refractivity contribution in [1.82, 2.24) is 14.9 Å². The molecule has 1 amide bonds. The van der Waals surface area contributed by atoms with E-state index in [0.29, 0.717) is 12.1 Å². The van der Waals surface area contributed by atoms with Gasteiger partial charge in [0.25, 0.3) is 0 Å². The van der Waals surface area contributed by atoms with Crippen molar-refractivity contribution in [1.29, 1.82) is 0 Å². The van der Waals surface area contributed by atoms with Crippen LogP contribution in [0.25, 0.3) is 0 Å². The number of carbonyl (C=O) groups excluding carboxylic acids is 1. The van der Waals surface area contributed by atoms with Crippen LogP contribution >= 0.6 is 0 Å². The Balaban J connectivity index is 1.37. The fourth-order valence-corrected chi connectivity index (χ4v) is 4.57. The highest BCUT2D eigenvalue weighted by Gasteiger charge is 2.41. The van der Waals surface area contributed by atoms with Gasteiger partial charge in [-0.15, -0.1) is 0 Å². The first-order valence-corrected chi connectivity index (χ1v) is 10.6. The summed E-state index contributed by atoms with van der Waals surface area (Å²) in [5, 5.41) is 9.81. The van der Waals surface area contributed by atoms with Crippen molar-refractivity contribution in [3.05, 3.63) is 54.0 Å². The van der Waals surface area contributed by atoms with Gasteiger partial charge in [-0.05, 0) is 55.9 Å². The minimum absolute atomic E-state index is 0.219. The predicted octanol–water partition coefficient (Wildman–Crippen LogP) is 2.98. The molecule has 0 radical (unpaired) electrons. The zero-order chi connectivity index (χ0) is 20.3. The number of likely N-dealkylation sites (tertiary alicyclic amines) is 1. The minimum Gasteiger partial charge on any atom is -0.387 e. The summed E-state index contributed by atoms with van der Waals surface area (Å²) in [6, 6.07) is 11.8. The van der Waals surface area contributed by atoms with E-state index < -0.39 is 6.10 Å². The van der Waals surface area contributed by atoms with Crippen molar-refractivity contribution in [2.24, 2.45) is 5.41 Å². The number of nitrogens with zero attached hydrogens (tertiary/aromatic N) is 4. The summed E-state index contributed by atoms with van der Waals surface area (Å²) < 4.78 is 0. The van der Waals surface area contributed by atoms with Gasteiger partial charge >= 0.3 is 0 Å². The molecule has 6 nitrogen and oxygen atoms in total. The molecule has 2 aliphatic rings. The average molecular weight is 395 g/mol. The van der Waals surface area contributed by atoms with Gasteiger partial charge in [-0.3, -0.25) is 9.78 Å². The Hall–Kier alpha value is -2.47. The van der Waals surface area contributed by atoms with Crippen molar-refractivity contribution in [3.8, 4) is 0 Å². The summed E-state index contributed by atoms with van der Waals surface area (Å²) in [4.78, 5) is 25.9. The van der Waals surface area contributed by atoms with Crippen molar-refractivity contribution < 1.29 is 9.90 Å². The van der Waals surface area contributed by atoms with Crippen LogP contribution in [0.4, 0.5) is 5.82 Å². The molecule has 1 atom stereocenters. The molecule has 2 saturated heterocycles. The Morgan fingerprint density at radius 2 is 1.97 bits per heavy atom. The largest absolute Gasteiger partial charge is 0.387 e. The molecule has 29 heavy (non-hydrogen) atoms. The summed E-state index contributed by atoms with van der Waals surface area (Å²) in [5.41, 5.74) is 1.97. The van der Waals surface area contributed by atoms with Crippen LogP contribution in [0.1, 0.15) is 50.1 Å². The number of hydrogen-bond acceptors (Lipinski definition) is 5. The van der Waals surface area contributed by atoms with E-state index in [-0.39, 0.29) is 11.3 Å². The van der Waals surface area contributed by atoms with Gasteiger partial charge in [-0.25, -0.2) is 4.98 Å². The minimum atomic E-state index is -0.553. The normalized spacial score (nSPS) is 20.1. The van der Waals surface area contributed by atoms with Crippen molar-refractivity contribution in [2.75, 3.05) is 31.1 Å². The quantitative estimate of drug-likeness (QED) is 0.844. The van der Waals surface area contributed by atoms with E-state index in [4.69, 9.17) is 0 Å². The standard InChI is InChI=1S/C23H30N4O2/c1-18(28)20-6-4-7-21(25-20)26-15-11-23(12-16-26)10-8-22(29)27(17-23)14-9-19-5-2-3-13-24-19/h2-7,13,18,28H,8-12,14-17H2,1H3/t18-/m0/s1. The first-order valence-electron chi connectivity index (χ1n) is 10.6. The molecule has 1 spiro atoms. The fourth-order valence-electron chi connectivity index (χ4n) is 4.57. The second-order valence-electron chi connectivity index (χ2n) is 8.47. The topological polar surface area (TPSA) is 69.6 Å². The third kappa shape index (κ3) is 4.58. The lowest BCUT2D eigenvalue weighted by atomic mass is 9.72. The smallest absolute Gasteiger partial charge is 0.222 e. The monoisotopic (exact) mass is 394 g/mol. The summed E-state index contributed by atoms with van der Waals surface area (Å²) in [6.45, 7) is 5.24. The number of aliphatic hydroxyl groups is 1. The molecule has 1 N–H and O–H groups in total. The molecule has 0 aliphatic carbocycles. The molecular weight excluding hydrogens is 364 g/mol. The number of piperidine rings is 2. The van der Waals surface area contributed by atoms with E-state index in [2.05, 4.69) is 19.8 Å². The van der Waals surface area contributed by atoms with E-state index in [1.165, 1.54) is 0 Å². The van der Waals surface area contributed by atoms with Gasteiger partial charge in [0, 0.05) is 50.9 Å². The number of anilines is 1. The molecule has 154 valence electrons. The van der Waals surface area contributed by atoms with E-state index in [9.17, 15) is 9.90 Å². The zero-order valence-electron chi connectivity index (χ0n) is 17.1. The van der Waals surface area contributed by atoms with Gasteiger partial charge in [0.1, 0.15) is 5.82 Å². The van der Waals surface area contributed by atoms with Crippen LogP contribution in [-0.4, -0.2) is 52.1 Å². The maximum atomic E-state index is 12.5. The second kappa shape index (κ2) is 8.49. The summed E-state index contributed by atoms with van der Waals surface area (Å²) in [6.07, 6.45) is 5.85. The van der Waals surface area contributed by atoms with Gasteiger partial charge in [0.2, 0.25) is 5.91 Å². The summed E-state index contributed by atoms with van der Waals surface area (Å²) >= 11 is 0. The van der Waals surface area contributed by atoms with Crippen molar-refractivity contribution in [3.63, 3.8) is 0 Å². The maximum absolute atomic E-state index is 12.5. The van der Waals surface area contributed by atoms with Crippen LogP contribution in [0.3, 0.4) is 0 Å². The molecule has 2 fully saturated rings. The Kier molecular flexibility index (Phi) is 5.81. The van der Waals surface area contributed by atoms with E-state index >= 15 is 0 Å². The number of carbonyl (C=O) groups is 1. The number of amides is 1. The number of rotatable bonds is 5. The second-order valence-corrected chi connectivity index (χ2v) is 8.47. The lowest BCUT2D eigenvalue weighted by Gasteiger charge is -2.47. The number of aromatic nitrogens is 2. The molecule has 2 aliphatic heterocycles. The molecule has 0 bridgehead atoms. The highest BCUT2D eigenvalue weighted by atomic mass is 16.3. The average Bonchev–Trinajstić information content (AvgIpc) is 2.76. The molecule has 0 unspecified atom stereocenters. The molecule has 4 rings (SSSR count). The Labute approximate surface area is 172 Å². The first-order chi connectivity index (χ1) is 14.0. The van der Waals surface area contributed by atoms with Crippen LogP contribution in [0.2, 0.25) is 0 Å². The molecule has 4 heterocycles. The predicted molar refractivity (Wildman–Crippen MR) is 113 cm³/mol. The fraction of sp³-hybridized carbons (Fsp3) is 0.522.